The molecule has 0 saturated carbocycles. The minimum atomic E-state index is -4.62. The minimum absolute atomic E-state index is 0. The Kier molecular flexibility index (Phi) is 29.8. The maximum absolute atomic E-state index is 9.81. The van der Waals surface area contributed by atoms with Gasteiger partial charge in [0.15, 0.2) is 0 Å². The molecule has 12 nitrogen and oxygen atoms in total. The molecule has 0 fully saturated rings. The SMILES string of the molecule is O=C([O-])CNCP(=O)([O-])[O-].O=C([O-])CNCP(=O)([O-])[O-].[Na+].[Na+].[Na+]. The Bertz CT molecular complexity index is 375. The Morgan fingerprint density at radius 2 is 0.913 bits per heavy atom. The molecule has 0 aromatic rings. The quantitative estimate of drug-likeness (QED) is 0.285. The molecule has 2 N–H and O–H groups in total. The van der Waals surface area contributed by atoms with Gasteiger partial charge in [0.2, 0.25) is 0 Å². The molecule has 23 heavy (non-hydrogen) atoms. The van der Waals surface area contributed by atoms with Crippen molar-refractivity contribution in [3.05, 3.63) is 0 Å². The number of hydrogen-bond acceptors (Lipinski definition) is 12. The van der Waals surface area contributed by atoms with E-state index >= 15 is 0 Å². The predicted octanol–water partition coefficient (Wildman–Crippen LogP) is -16.6. The van der Waals surface area contributed by atoms with Crippen molar-refractivity contribution in [1.82, 2.24) is 10.6 Å². The molecule has 120 valence electrons. The van der Waals surface area contributed by atoms with E-state index in [2.05, 4.69) is 0 Å². The maximum Gasteiger partial charge on any atom is 1.00 e. The zero-order valence-corrected chi connectivity index (χ0v) is 20.6. The van der Waals surface area contributed by atoms with Crippen LogP contribution in [0.1, 0.15) is 0 Å². The van der Waals surface area contributed by atoms with Crippen LogP contribution in [0.4, 0.5) is 0 Å². The van der Waals surface area contributed by atoms with Gasteiger partial charge >= 0.3 is 88.7 Å². The summed E-state index contributed by atoms with van der Waals surface area (Å²) in [6.45, 7) is -1.26. The molecular formula is C6H10N2Na3O10P2-3. The molecule has 0 amide bonds. The van der Waals surface area contributed by atoms with Crippen LogP contribution in [0.3, 0.4) is 0 Å². The van der Waals surface area contributed by atoms with Gasteiger partial charge in [-0.3, -0.25) is 0 Å². The summed E-state index contributed by atoms with van der Waals surface area (Å²) in [7, 11) is -9.25. The number of carboxylic acids is 2. The van der Waals surface area contributed by atoms with Crippen LogP contribution >= 0.6 is 15.2 Å². The number of rotatable bonds is 8. The molecule has 0 radical (unpaired) electrons. The van der Waals surface area contributed by atoms with Gasteiger partial charge in [-0.25, -0.2) is 0 Å². The average molecular weight is 401 g/mol. The Morgan fingerprint density at radius 1 is 0.696 bits per heavy atom. The molecule has 0 heterocycles. The monoisotopic (exact) mass is 401 g/mol. The second-order valence-corrected chi connectivity index (χ2v) is 6.21. The van der Waals surface area contributed by atoms with E-state index < -0.39 is 52.8 Å². The second kappa shape index (κ2) is 18.9. The predicted molar refractivity (Wildman–Crippen MR) is 51.0 cm³/mol. The summed E-state index contributed by atoms with van der Waals surface area (Å²) >= 11 is 0. The van der Waals surface area contributed by atoms with Crippen molar-refractivity contribution in [2.24, 2.45) is 0 Å². The van der Waals surface area contributed by atoms with Gasteiger partial charge in [-0.05, 0) is 0 Å². The Hall–Kier alpha value is 2.16. The topological polar surface area (TPSA) is 231 Å². The van der Waals surface area contributed by atoms with Crippen molar-refractivity contribution in [3.63, 3.8) is 0 Å². The molecular weight excluding hydrogens is 391 g/mol. The summed E-state index contributed by atoms with van der Waals surface area (Å²) in [6.07, 6.45) is -1.72. The molecule has 0 spiro atoms. The third-order valence-corrected chi connectivity index (χ3v) is 2.37. The van der Waals surface area contributed by atoms with Crippen molar-refractivity contribution in [1.29, 1.82) is 0 Å². The number of carboxylic acid groups (broad SMARTS) is 2. The smallest absolute Gasteiger partial charge is 0.810 e. The first-order valence-corrected chi connectivity index (χ1v) is 8.12. The number of nitrogens with one attached hydrogen (secondary N) is 2. The second-order valence-electron chi connectivity index (χ2n) is 3.14. The molecule has 0 saturated heterocycles. The van der Waals surface area contributed by atoms with Crippen LogP contribution in [-0.2, 0) is 18.7 Å². The molecule has 0 aromatic carbocycles. The van der Waals surface area contributed by atoms with E-state index in [0.717, 1.165) is 0 Å². The first-order valence-electron chi connectivity index (χ1n) is 4.67. The Balaban J connectivity index is -0.0000000831. The zero-order chi connectivity index (χ0) is 16.4. The van der Waals surface area contributed by atoms with E-state index in [0.29, 0.717) is 0 Å². The fourth-order valence-electron chi connectivity index (χ4n) is 0.590. The normalized spacial score (nSPS) is 9.91. The zero-order valence-electron chi connectivity index (χ0n) is 12.8. The first kappa shape index (κ1) is 36.1. The molecule has 0 unspecified atom stereocenters. The van der Waals surface area contributed by atoms with E-state index in [-0.39, 0.29) is 88.7 Å². The molecule has 17 heteroatoms. The van der Waals surface area contributed by atoms with Gasteiger partial charge in [-0.15, -0.1) is 0 Å². The van der Waals surface area contributed by atoms with Crippen LogP contribution in [0.15, 0.2) is 0 Å². The van der Waals surface area contributed by atoms with Crippen molar-refractivity contribution in [2.75, 3.05) is 25.7 Å². The van der Waals surface area contributed by atoms with Crippen molar-refractivity contribution in [2.45, 2.75) is 0 Å². The molecule has 0 atom stereocenters. The van der Waals surface area contributed by atoms with Gasteiger partial charge in [0.05, 0.1) is 11.9 Å². The van der Waals surface area contributed by atoms with Crippen LogP contribution in [-0.4, -0.2) is 37.6 Å². The van der Waals surface area contributed by atoms with Gasteiger partial charge in [-0.1, -0.05) is 15.2 Å². The average Bonchev–Trinajstić information content (AvgIpc) is 2.12. The van der Waals surface area contributed by atoms with Gasteiger partial charge in [0, 0.05) is 25.7 Å². The molecule has 0 aliphatic rings. The van der Waals surface area contributed by atoms with Gasteiger partial charge in [0.1, 0.15) is 0 Å². The molecule has 0 aliphatic heterocycles. The molecule has 0 rings (SSSR count). The number of carbonyl (C=O) groups excluding carboxylic acids is 2. The summed E-state index contributed by atoms with van der Waals surface area (Å²) in [4.78, 5) is 58.5. The van der Waals surface area contributed by atoms with E-state index in [4.69, 9.17) is 0 Å². The summed E-state index contributed by atoms with van der Waals surface area (Å²) in [5, 5.41) is 23.0. The van der Waals surface area contributed by atoms with E-state index in [9.17, 15) is 48.5 Å². The summed E-state index contributed by atoms with van der Waals surface area (Å²) in [6, 6.07) is 0. The van der Waals surface area contributed by atoms with E-state index in [1.54, 1.807) is 0 Å². The van der Waals surface area contributed by atoms with Crippen molar-refractivity contribution >= 4 is 27.1 Å². The molecule has 0 bridgehead atoms. The van der Waals surface area contributed by atoms with E-state index in [1.807, 2.05) is 10.6 Å². The van der Waals surface area contributed by atoms with Crippen molar-refractivity contribution < 1.29 is 137 Å². The standard InChI is InChI=1S/2C3H8NO5P.3Na/c2*5-3(6)1-4-2-10(7,8)9;;;/h2*4H,1-2H2,(H,5,6)(H2,7,8,9);;;/q;;3*+1/p-6. The van der Waals surface area contributed by atoms with E-state index in [1.165, 1.54) is 0 Å². The largest absolute Gasteiger partial charge is 1.00 e. The van der Waals surface area contributed by atoms with Crippen LogP contribution in [0.5, 0.6) is 0 Å². The molecule has 0 aliphatic carbocycles. The summed E-state index contributed by atoms with van der Waals surface area (Å²) in [5.74, 6) is -2.90. The van der Waals surface area contributed by atoms with Gasteiger partial charge in [0.25, 0.3) is 0 Å². The van der Waals surface area contributed by atoms with Crippen LogP contribution in [0.2, 0.25) is 0 Å². The molecule has 0 aromatic heterocycles. The third kappa shape index (κ3) is 45.4. The maximum atomic E-state index is 9.81. The number of hydrogen-bond donors (Lipinski definition) is 2. The minimum Gasteiger partial charge on any atom is -0.810 e. The van der Waals surface area contributed by atoms with Crippen LogP contribution in [0, 0.1) is 0 Å². The van der Waals surface area contributed by atoms with Crippen molar-refractivity contribution in [3.8, 4) is 0 Å². The number of carbonyl (C=O) groups is 2. The first-order chi connectivity index (χ1) is 8.83. The summed E-state index contributed by atoms with van der Waals surface area (Å²) in [5.41, 5.74) is 0. The Morgan fingerprint density at radius 3 is 1.04 bits per heavy atom. The summed E-state index contributed by atoms with van der Waals surface area (Å²) < 4.78 is 19.6. The Labute approximate surface area is 198 Å². The van der Waals surface area contributed by atoms with Crippen LogP contribution < -0.4 is 129 Å². The number of aliphatic carboxylic acids is 2. The third-order valence-electron chi connectivity index (χ3n) is 1.15. The van der Waals surface area contributed by atoms with Gasteiger partial charge in [-0.2, -0.15) is 0 Å². The van der Waals surface area contributed by atoms with Gasteiger partial charge < -0.3 is 59.1 Å². The fourth-order valence-corrected chi connectivity index (χ4v) is 1.36. The fraction of sp³-hybridized carbons (Fsp3) is 0.667. The van der Waals surface area contributed by atoms with Crippen LogP contribution in [0.25, 0.3) is 0 Å².